The average molecular weight is 328 g/mol. The van der Waals surface area contributed by atoms with E-state index >= 15 is 0 Å². The lowest BCUT2D eigenvalue weighted by Gasteiger charge is -2.33. The van der Waals surface area contributed by atoms with Crippen molar-refractivity contribution in [1.29, 1.82) is 0 Å². The predicted octanol–water partition coefficient (Wildman–Crippen LogP) is 5.79. The van der Waals surface area contributed by atoms with Crippen LogP contribution < -0.4 is 0 Å². The zero-order valence-electron chi connectivity index (χ0n) is 14.9. The molecule has 126 valence electrons. The Morgan fingerprint density at radius 2 is 1.52 bits per heavy atom. The van der Waals surface area contributed by atoms with E-state index in [-0.39, 0.29) is 10.8 Å². The fourth-order valence-electron chi connectivity index (χ4n) is 4.80. The fraction of sp³-hybridized carbons (Fsp3) is 0.292. The number of Topliss-reactive ketones (excluding diaryl/α,β-unsaturated/α-hetero) is 1. The summed E-state index contributed by atoms with van der Waals surface area (Å²) in [5.74, 6) is 0.672. The second-order valence-electron chi connectivity index (χ2n) is 7.87. The van der Waals surface area contributed by atoms with Gasteiger partial charge in [-0.05, 0) is 41.4 Å². The Morgan fingerprint density at radius 1 is 0.920 bits per heavy atom. The van der Waals surface area contributed by atoms with Crippen LogP contribution in [0.25, 0.3) is 12.2 Å². The Morgan fingerprint density at radius 3 is 2.16 bits per heavy atom. The number of allylic oxidation sites excluding steroid dienone is 2. The van der Waals surface area contributed by atoms with Crippen molar-refractivity contribution < 1.29 is 4.79 Å². The van der Waals surface area contributed by atoms with Gasteiger partial charge in [-0.15, -0.1) is 0 Å². The van der Waals surface area contributed by atoms with Gasteiger partial charge in [0.25, 0.3) is 0 Å². The first kappa shape index (κ1) is 16.1. The highest BCUT2D eigenvalue weighted by Gasteiger charge is 2.65. The lowest BCUT2D eigenvalue weighted by molar-refractivity contribution is -0.123. The molecule has 2 aliphatic rings. The lowest BCUT2D eigenvalue weighted by Crippen LogP contribution is -2.33. The number of carbonyl (C=O) groups excluding carboxylic acids is 1. The largest absolute Gasteiger partial charge is 0.294 e. The molecule has 2 atom stereocenters. The van der Waals surface area contributed by atoms with Gasteiger partial charge >= 0.3 is 0 Å². The lowest BCUT2D eigenvalue weighted by atomic mass is 9.68. The molecule has 0 spiro atoms. The minimum absolute atomic E-state index is 0.0318. The summed E-state index contributed by atoms with van der Waals surface area (Å²) in [6.45, 7) is 4.54. The maximum Gasteiger partial charge on any atom is 0.169 e. The van der Waals surface area contributed by atoms with Crippen molar-refractivity contribution >= 4 is 17.9 Å². The van der Waals surface area contributed by atoms with Crippen LogP contribution in [0.3, 0.4) is 0 Å². The number of rotatable bonds is 3. The Hall–Kier alpha value is -2.41. The van der Waals surface area contributed by atoms with E-state index < -0.39 is 0 Å². The summed E-state index contributed by atoms with van der Waals surface area (Å²) in [5, 5.41) is 0. The molecule has 1 nitrogen and oxygen atoms in total. The Labute approximate surface area is 150 Å². The predicted molar refractivity (Wildman–Crippen MR) is 104 cm³/mol. The molecule has 2 fully saturated rings. The SMILES string of the molecule is CC1(C)C2CCC1(C=Cc1ccccc1)C(=O)C2=Cc1ccccc1. The molecule has 0 radical (unpaired) electrons. The summed E-state index contributed by atoms with van der Waals surface area (Å²) >= 11 is 0. The molecule has 0 aliphatic heterocycles. The number of hydrogen-bond donors (Lipinski definition) is 0. The van der Waals surface area contributed by atoms with Gasteiger partial charge < -0.3 is 0 Å². The summed E-state index contributed by atoms with van der Waals surface area (Å²) in [6.07, 6.45) is 8.49. The van der Waals surface area contributed by atoms with E-state index in [1.54, 1.807) is 0 Å². The van der Waals surface area contributed by atoms with Crippen LogP contribution in [0.5, 0.6) is 0 Å². The van der Waals surface area contributed by atoms with Crippen LogP contribution in [0.4, 0.5) is 0 Å². The van der Waals surface area contributed by atoms with Gasteiger partial charge in [-0.1, -0.05) is 86.7 Å². The van der Waals surface area contributed by atoms with Crippen molar-refractivity contribution in [1.82, 2.24) is 0 Å². The maximum atomic E-state index is 13.4. The zero-order chi connectivity index (χ0) is 17.5. The van der Waals surface area contributed by atoms with Gasteiger partial charge in [-0.3, -0.25) is 4.79 Å². The van der Waals surface area contributed by atoms with Crippen LogP contribution in [0.15, 0.2) is 72.3 Å². The molecule has 2 saturated carbocycles. The third-order valence-corrected chi connectivity index (χ3v) is 6.37. The average Bonchev–Trinajstić information content (AvgIpc) is 2.97. The van der Waals surface area contributed by atoms with E-state index in [1.165, 1.54) is 0 Å². The molecule has 0 N–H and O–H groups in total. The first-order chi connectivity index (χ1) is 12.0. The zero-order valence-corrected chi connectivity index (χ0v) is 14.9. The van der Waals surface area contributed by atoms with E-state index in [9.17, 15) is 4.79 Å². The van der Waals surface area contributed by atoms with Crippen molar-refractivity contribution in [2.75, 3.05) is 0 Å². The first-order valence-electron chi connectivity index (χ1n) is 9.10. The molecule has 2 bridgehead atoms. The third kappa shape index (κ3) is 2.41. The number of carbonyl (C=O) groups is 1. The summed E-state index contributed by atoms with van der Waals surface area (Å²) < 4.78 is 0. The van der Waals surface area contributed by atoms with Gasteiger partial charge in [0, 0.05) is 5.57 Å². The third-order valence-electron chi connectivity index (χ3n) is 6.37. The van der Waals surface area contributed by atoms with Crippen LogP contribution in [0.1, 0.15) is 37.8 Å². The Kier molecular flexibility index (Phi) is 3.76. The molecule has 2 unspecified atom stereocenters. The molecular weight excluding hydrogens is 304 g/mol. The monoisotopic (exact) mass is 328 g/mol. The Balaban J connectivity index is 1.74. The van der Waals surface area contributed by atoms with E-state index in [4.69, 9.17) is 0 Å². The van der Waals surface area contributed by atoms with Crippen LogP contribution >= 0.6 is 0 Å². The van der Waals surface area contributed by atoms with Crippen molar-refractivity contribution in [2.45, 2.75) is 26.7 Å². The number of fused-ring (bicyclic) bond motifs is 2. The van der Waals surface area contributed by atoms with Gasteiger partial charge in [0.05, 0.1) is 5.41 Å². The quantitative estimate of drug-likeness (QED) is 0.652. The van der Waals surface area contributed by atoms with Gasteiger partial charge in [-0.25, -0.2) is 0 Å². The molecule has 2 aromatic carbocycles. The van der Waals surface area contributed by atoms with Gasteiger partial charge in [0.2, 0.25) is 0 Å². The van der Waals surface area contributed by atoms with E-state index in [0.717, 1.165) is 29.5 Å². The van der Waals surface area contributed by atoms with Gasteiger partial charge in [0.15, 0.2) is 5.78 Å². The normalized spacial score (nSPS) is 29.0. The molecule has 2 aromatic rings. The second kappa shape index (κ2) is 5.84. The van der Waals surface area contributed by atoms with Crippen molar-refractivity contribution in [3.05, 3.63) is 83.4 Å². The second-order valence-corrected chi connectivity index (χ2v) is 7.87. The molecular formula is C24H24O. The molecule has 4 rings (SSSR count). The molecule has 0 aromatic heterocycles. The van der Waals surface area contributed by atoms with Crippen LogP contribution in [-0.2, 0) is 4.79 Å². The summed E-state index contributed by atoms with van der Waals surface area (Å²) in [7, 11) is 0. The van der Waals surface area contributed by atoms with E-state index in [1.807, 2.05) is 36.4 Å². The van der Waals surface area contributed by atoms with Gasteiger partial charge in [0.1, 0.15) is 0 Å². The van der Waals surface area contributed by atoms with Crippen molar-refractivity contribution in [3.63, 3.8) is 0 Å². The molecule has 0 amide bonds. The number of ketones is 1. The van der Waals surface area contributed by atoms with Crippen molar-refractivity contribution in [2.24, 2.45) is 16.7 Å². The van der Waals surface area contributed by atoms with E-state index in [0.29, 0.717) is 11.7 Å². The fourth-order valence-corrected chi connectivity index (χ4v) is 4.80. The van der Waals surface area contributed by atoms with Crippen LogP contribution in [0, 0.1) is 16.7 Å². The molecule has 0 saturated heterocycles. The molecule has 25 heavy (non-hydrogen) atoms. The van der Waals surface area contributed by atoms with Crippen LogP contribution in [0.2, 0.25) is 0 Å². The Bertz CT molecular complexity index is 842. The molecule has 1 heteroatoms. The highest BCUT2D eigenvalue weighted by molar-refractivity contribution is 6.09. The maximum absolute atomic E-state index is 13.4. The topological polar surface area (TPSA) is 17.1 Å². The smallest absolute Gasteiger partial charge is 0.169 e. The van der Waals surface area contributed by atoms with Gasteiger partial charge in [-0.2, -0.15) is 0 Å². The molecule has 2 aliphatic carbocycles. The number of benzene rings is 2. The van der Waals surface area contributed by atoms with Crippen molar-refractivity contribution in [3.8, 4) is 0 Å². The summed E-state index contributed by atoms with van der Waals surface area (Å²) in [6, 6.07) is 20.5. The summed E-state index contributed by atoms with van der Waals surface area (Å²) in [5.41, 5.74) is 2.89. The first-order valence-corrected chi connectivity index (χ1v) is 9.10. The van der Waals surface area contributed by atoms with E-state index in [2.05, 4.69) is 56.3 Å². The highest BCUT2D eigenvalue weighted by atomic mass is 16.1. The van der Waals surface area contributed by atoms with Crippen LogP contribution in [-0.4, -0.2) is 5.78 Å². The molecule has 0 heterocycles. The minimum Gasteiger partial charge on any atom is -0.294 e. The number of hydrogen-bond acceptors (Lipinski definition) is 1. The summed E-state index contributed by atoms with van der Waals surface area (Å²) in [4.78, 5) is 13.4. The highest BCUT2D eigenvalue weighted by Crippen LogP contribution is 2.66. The minimum atomic E-state index is -0.367. The standard InChI is InChI=1S/C24H24O/c1-23(2)21-14-16-24(23,15-13-18-9-5-3-6-10-18)22(25)20(21)17-19-11-7-4-8-12-19/h3-13,15,17,21H,14,16H2,1-2H3.